The number of alkyl halides is 1. The number of rotatable bonds is 3. The Bertz CT molecular complexity index is 304. The Morgan fingerprint density at radius 2 is 2.33 bits per heavy atom. The first-order valence-corrected chi connectivity index (χ1v) is 6.58. The van der Waals surface area contributed by atoms with Gasteiger partial charge in [-0.25, -0.2) is 0 Å². The fraction of sp³-hybridized carbons (Fsp3) is 0.636. The number of aliphatic hydroxyl groups is 1. The van der Waals surface area contributed by atoms with Crippen LogP contribution >= 0.6 is 22.9 Å². The largest absolute Gasteiger partial charge is 0.393 e. The van der Waals surface area contributed by atoms with Crippen LogP contribution < -0.4 is 0 Å². The molecule has 2 radical (unpaired) electrons. The Labute approximate surface area is 101 Å². The lowest BCUT2D eigenvalue weighted by atomic mass is 9.81. The van der Waals surface area contributed by atoms with Crippen LogP contribution in [0.4, 0.5) is 0 Å². The monoisotopic (exact) mass is 240 g/mol. The van der Waals surface area contributed by atoms with Gasteiger partial charge in [0.2, 0.25) is 0 Å². The highest BCUT2D eigenvalue weighted by atomic mass is 35.5. The molecular formula is C11H14BClOS. The summed E-state index contributed by atoms with van der Waals surface area (Å²) in [4.78, 5) is 1.33. The van der Waals surface area contributed by atoms with E-state index < -0.39 is 0 Å². The molecule has 0 bridgehead atoms. The highest BCUT2D eigenvalue weighted by Gasteiger charge is 2.40. The lowest BCUT2D eigenvalue weighted by molar-refractivity contribution is 0.128. The first-order chi connectivity index (χ1) is 7.22. The number of thiophene rings is 1. The van der Waals surface area contributed by atoms with Gasteiger partial charge in [0.25, 0.3) is 0 Å². The van der Waals surface area contributed by atoms with Crippen LogP contribution in [0.2, 0.25) is 6.32 Å². The second kappa shape index (κ2) is 4.90. The van der Waals surface area contributed by atoms with Crippen LogP contribution in [0.3, 0.4) is 0 Å². The predicted octanol–water partition coefficient (Wildman–Crippen LogP) is 2.48. The highest BCUT2D eigenvalue weighted by Crippen LogP contribution is 2.40. The van der Waals surface area contributed by atoms with Crippen molar-refractivity contribution in [3.8, 4) is 0 Å². The third-order valence-corrected chi connectivity index (χ3v) is 4.67. The molecule has 1 aliphatic carbocycles. The molecule has 0 spiro atoms. The van der Waals surface area contributed by atoms with Gasteiger partial charge in [-0.2, -0.15) is 0 Å². The Kier molecular flexibility index (Phi) is 3.75. The van der Waals surface area contributed by atoms with E-state index in [1.807, 2.05) is 6.07 Å². The van der Waals surface area contributed by atoms with E-state index in [9.17, 15) is 5.11 Å². The molecule has 1 fully saturated rings. The third kappa shape index (κ3) is 2.40. The summed E-state index contributed by atoms with van der Waals surface area (Å²) in [5.74, 6) is 0.486. The van der Waals surface area contributed by atoms with Crippen molar-refractivity contribution < 1.29 is 5.11 Å². The van der Waals surface area contributed by atoms with Gasteiger partial charge in [-0.3, -0.25) is 0 Å². The molecule has 1 aromatic rings. The molecule has 2 rings (SSSR count). The lowest BCUT2D eigenvalue weighted by Gasteiger charge is -2.21. The van der Waals surface area contributed by atoms with Crippen molar-refractivity contribution in [1.82, 2.24) is 0 Å². The topological polar surface area (TPSA) is 20.2 Å². The van der Waals surface area contributed by atoms with Crippen molar-refractivity contribution in [2.24, 2.45) is 11.8 Å². The van der Waals surface area contributed by atoms with Gasteiger partial charge in [-0.1, -0.05) is 12.4 Å². The average Bonchev–Trinajstić information content (AvgIpc) is 2.77. The maximum absolute atomic E-state index is 9.80. The SMILES string of the molecule is [B]CC1C(O)CC(Cl)C1Cc1cccs1. The second-order valence-corrected chi connectivity index (χ2v) is 5.76. The molecule has 15 heavy (non-hydrogen) atoms. The number of hydrogen-bond acceptors (Lipinski definition) is 2. The van der Waals surface area contributed by atoms with Gasteiger partial charge in [-0.05, 0) is 36.1 Å². The fourth-order valence-electron chi connectivity index (χ4n) is 2.41. The molecule has 1 aromatic heterocycles. The third-order valence-electron chi connectivity index (χ3n) is 3.26. The van der Waals surface area contributed by atoms with Gasteiger partial charge >= 0.3 is 0 Å². The highest BCUT2D eigenvalue weighted by molar-refractivity contribution is 7.09. The van der Waals surface area contributed by atoms with Crippen molar-refractivity contribution in [2.75, 3.05) is 0 Å². The maximum atomic E-state index is 9.80. The van der Waals surface area contributed by atoms with Crippen molar-refractivity contribution in [3.63, 3.8) is 0 Å². The molecule has 0 saturated heterocycles. The average molecular weight is 241 g/mol. The molecule has 1 N–H and O–H groups in total. The standard InChI is InChI=1S/C11H14BClOS/c12-6-9-8(10(13)5-11(9)14)4-7-2-1-3-15-7/h1-3,8-11,14H,4-6H2. The van der Waals surface area contributed by atoms with Crippen LogP contribution in [0.15, 0.2) is 17.5 Å². The molecular weight excluding hydrogens is 226 g/mol. The molecule has 1 heterocycles. The molecule has 4 atom stereocenters. The van der Waals surface area contributed by atoms with E-state index in [2.05, 4.69) is 11.4 Å². The molecule has 80 valence electrons. The Morgan fingerprint density at radius 3 is 2.93 bits per heavy atom. The van der Waals surface area contributed by atoms with E-state index in [-0.39, 0.29) is 17.4 Å². The zero-order valence-electron chi connectivity index (χ0n) is 8.47. The molecule has 0 aromatic carbocycles. The molecule has 0 aliphatic heterocycles. The summed E-state index contributed by atoms with van der Waals surface area (Å²) in [6.07, 6.45) is 1.84. The van der Waals surface area contributed by atoms with Gasteiger partial charge in [0, 0.05) is 10.3 Å². The van der Waals surface area contributed by atoms with E-state index in [4.69, 9.17) is 19.4 Å². The minimum atomic E-state index is -0.317. The van der Waals surface area contributed by atoms with Gasteiger partial charge in [0.15, 0.2) is 0 Å². The van der Waals surface area contributed by atoms with Gasteiger partial charge in [-0.15, -0.1) is 22.9 Å². The lowest BCUT2D eigenvalue weighted by Crippen LogP contribution is -2.21. The van der Waals surface area contributed by atoms with Crippen molar-refractivity contribution >= 4 is 30.8 Å². The number of halogens is 1. The second-order valence-electron chi connectivity index (χ2n) is 4.17. The molecule has 4 heteroatoms. The van der Waals surface area contributed by atoms with Crippen LogP contribution in [0.5, 0.6) is 0 Å². The fourth-order valence-corrected chi connectivity index (χ4v) is 3.64. The molecule has 1 nitrogen and oxygen atoms in total. The Balaban J connectivity index is 2.06. The van der Waals surface area contributed by atoms with Crippen LogP contribution in [-0.2, 0) is 6.42 Å². The molecule has 1 aliphatic rings. The zero-order chi connectivity index (χ0) is 10.8. The van der Waals surface area contributed by atoms with Crippen molar-refractivity contribution in [2.45, 2.75) is 30.6 Å². The van der Waals surface area contributed by atoms with Gasteiger partial charge in [0.05, 0.1) is 14.0 Å². The van der Waals surface area contributed by atoms with Crippen LogP contribution in [-0.4, -0.2) is 24.4 Å². The van der Waals surface area contributed by atoms with Crippen LogP contribution in [0, 0.1) is 11.8 Å². The van der Waals surface area contributed by atoms with Crippen LogP contribution in [0.1, 0.15) is 11.3 Å². The van der Waals surface area contributed by atoms with Crippen molar-refractivity contribution in [3.05, 3.63) is 22.4 Å². The normalized spacial score (nSPS) is 35.9. The summed E-state index contributed by atoms with van der Waals surface area (Å²) in [7, 11) is 5.69. The summed E-state index contributed by atoms with van der Waals surface area (Å²) < 4.78 is 0. The minimum absolute atomic E-state index is 0.0654. The number of aliphatic hydroxyl groups excluding tert-OH is 1. The zero-order valence-corrected chi connectivity index (χ0v) is 10.0. The van der Waals surface area contributed by atoms with E-state index in [0.29, 0.717) is 18.7 Å². The summed E-state index contributed by atoms with van der Waals surface area (Å²) in [5, 5.41) is 11.9. The minimum Gasteiger partial charge on any atom is -0.393 e. The summed E-state index contributed by atoms with van der Waals surface area (Å²) in [5.41, 5.74) is 0. The molecule has 1 saturated carbocycles. The quantitative estimate of drug-likeness (QED) is 0.636. The van der Waals surface area contributed by atoms with E-state index in [1.165, 1.54) is 4.88 Å². The molecule has 0 amide bonds. The first kappa shape index (κ1) is 11.5. The van der Waals surface area contributed by atoms with E-state index in [1.54, 1.807) is 11.3 Å². The van der Waals surface area contributed by atoms with Gasteiger partial charge < -0.3 is 5.11 Å². The van der Waals surface area contributed by atoms with E-state index >= 15 is 0 Å². The Morgan fingerprint density at radius 1 is 1.53 bits per heavy atom. The smallest absolute Gasteiger partial charge is 0.0658 e. The summed E-state index contributed by atoms with van der Waals surface area (Å²) in [6.45, 7) is 0. The van der Waals surface area contributed by atoms with Crippen molar-refractivity contribution in [1.29, 1.82) is 0 Å². The predicted molar refractivity (Wildman–Crippen MR) is 65.8 cm³/mol. The number of hydrogen-bond donors (Lipinski definition) is 1. The summed E-state index contributed by atoms with van der Waals surface area (Å²) >= 11 is 8.00. The Hall–Kier alpha value is 0.0149. The molecule has 4 unspecified atom stereocenters. The van der Waals surface area contributed by atoms with Crippen LogP contribution in [0.25, 0.3) is 0 Å². The van der Waals surface area contributed by atoms with Gasteiger partial charge in [0.1, 0.15) is 0 Å². The first-order valence-electron chi connectivity index (χ1n) is 5.27. The van der Waals surface area contributed by atoms with E-state index in [0.717, 1.165) is 6.42 Å². The maximum Gasteiger partial charge on any atom is 0.0658 e. The summed E-state index contributed by atoms with van der Waals surface area (Å²) in [6, 6.07) is 4.17.